The molecule has 0 fully saturated rings. The largest absolute Gasteiger partial charge is 0.355 e. The molecular formula is C16H21N3O2S. The number of carbonyl (C=O) groups is 1. The second-order valence-corrected chi connectivity index (χ2v) is 6.82. The SMILES string of the molecule is O=C(NCCC1=CCCCC1)[C@H]1CSc2nccc(=O)n2C1. The monoisotopic (exact) mass is 319 g/mol. The smallest absolute Gasteiger partial charge is 0.254 e. The molecule has 6 heteroatoms. The molecule has 1 amide bonds. The first-order valence-electron chi connectivity index (χ1n) is 7.88. The maximum Gasteiger partial charge on any atom is 0.254 e. The van der Waals surface area contributed by atoms with Gasteiger partial charge in [-0.15, -0.1) is 0 Å². The molecule has 0 radical (unpaired) electrons. The molecular weight excluding hydrogens is 298 g/mol. The van der Waals surface area contributed by atoms with Crippen LogP contribution in [0, 0.1) is 5.92 Å². The van der Waals surface area contributed by atoms with Gasteiger partial charge in [0.1, 0.15) is 0 Å². The molecule has 118 valence electrons. The number of thioether (sulfide) groups is 1. The van der Waals surface area contributed by atoms with Crippen LogP contribution in [0.1, 0.15) is 32.1 Å². The van der Waals surface area contributed by atoms with Gasteiger partial charge in [0.05, 0.1) is 5.92 Å². The number of hydrogen-bond donors (Lipinski definition) is 1. The number of rotatable bonds is 4. The molecule has 22 heavy (non-hydrogen) atoms. The predicted octanol–water partition coefficient (Wildman–Crippen LogP) is 1.97. The second-order valence-electron chi connectivity index (χ2n) is 5.83. The summed E-state index contributed by atoms with van der Waals surface area (Å²) in [5.74, 6) is 0.579. The minimum atomic E-state index is -0.153. The molecule has 1 atom stereocenters. The Morgan fingerprint density at radius 2 is 2.36 bits per heavy atom. The number of carbonyl (C=O) groups excluding carboxylic acids is 1. The van der Waals surface area contributed by atoms with Gasteiger partial charge >= 0.3 is 0 Å². The molecule has 1 aliphatic carbocycles. The molecule has 0 spiro atoms. The zero-order valence-corrected chi connectivity index (χ0v) is 13.4. The van der Waals surface area contributed by atoms with Gasteiger partial charge in [0.2, 0.25) is 5.91 Å². The maximum atomic E-state index is 12.3. The normalized spacial score (nSPS) is 20.9. The van der Waals surface area contributed by atoms with Crippen molar-refractivity contribution < 1.29 is 4.79 Å². The standard InChI is InChI=1S/C16H21N3O2S/c20-14-7-9-18-16-19(14)10-13(11-22-16)15(21)17-8-6-12-4-2-1-3-5-12/h4,7,9,13H,1-3,5-6,8,10-11H2,(H,17,21)/t13-/m1/s1. The van der Waals surface area contributed by atoms with E-state index in [2.05, 4.69) is 16.4 Å². The van der Waals surface area contributed by atoms with Gasteiger partial charge in [0.15, 0.2) is 5.16 Å². The molecule has 0 aromatic carbocycles. The van der Waals surface area contributed by atoms with Crippen LogP contribution in [0.4, 0.5) is 0 Å². The van der Waals surface area contributed by atoms with E-state index in [1.54, 1.807) is 4.57 Å². The third-order valence-electron chi connectivity index (χ3n) is 4.22. The van der Waals surface area contributed by atoms with Gasteiger partial charge in [-0.1, -0.05) is 23.4 Å². The molecule has 1 aliphatic heterocycles. The van der Waals surface area contributed by atoms with Crippen LogP contribution in [-0.4, -0.2) is 27.8 Å². The van der Waals surface area contributed by atoms with Crippen molar-refractivity contribution in [2.45, 2.75) is 43.8 Å². The summed E-state index contributed by atoms with van der Waals surface area (Å²) < 4.78 is 1.60. The molecule has 3 rings (SSSR count). The van der Waals surface area contributed by atoms with E-state index in [-0.39, 0.29) is 17.4 Å². The van der Waals surface area contributed by atoms with Crippen molar-refractivity contribution in [1.29, 1.82) is 0 Å². The average molecular weight is 319 g/mol. The Bertz CT molecular complexity index is 639. The quantitative estimate of drug-likeness (QED) is 0.681. The molecule has 5 nitrogen and oxygen atoms in total. The molecule has 0 saturated heterocycles. The number of aromatic nitrogens is 2. The van der Waals surface area contributed by atoms with Gasteiger partial charge in [0, 0.05) is 31.1 Å². The van der Waals surface area contributed by atoms with Gasteiger partial charge in [-0.3, -0.25) is 14.2 Å². The van der Waals surface area contributed by atoms with E-state index < -0.39 is 0 Å². The molecule has 1 aromatic heterocycles. The van der Waals surface area contributed by atoms with Crippen LogP contribution >= 0.6 is 11.8 Å². The van der Waals surface area contributed by atoms with Crippen LogP contribution in [0.2, 0.25) is 0 Å². The molecule has 1 aromatic rings. The fourth-order valence-corrected chi connectivity index (χ4v) is 3.99. The van der Waals surface area contributed by atoms with Gasteiger partial charge in [-0.05, 0) is 32.1 Å². The van der Waals surface area contributed by atoms with Crippen molar-refractivity contribution in [3.63, 3.8) is 0 Å². The van der Waals surface area contributed by atoms with Crippen LogP contribution in [-0.2, 0) is 11.3 Å². The number of allylic oxidation sites excluding steroid dienone is 1. The molecule has 2 heterocycles. The van der Waals surface area contributed by atoms with E-state index in [1.807, 2.05) is 0 Å². The Balaban J connectivity index is 1.52. The number of fused-ring (bicyclic) bond motifs is 1. The fourth-order valence-electron chi connectivity index (χ4n) is 2.93. The Kier molecular flexibility index (Phi) is 4.97. The van der Waals surface area contributed by atoms with Crippen LogP contribution < -0.4 is 10.9 Å². The molecule has 2 aliphatic rings. The van der Waals surface area contributed by atoms with Crippen LogP contribution in [0.5, 0.6) is 0 Å². The summed E-state index contributed by atoms with van der Waals surface area (Å²) in [6.07, 6.45) is 9.69. The Labute approximate surface area is 134 Å². The highest BCUT2D eigenvalue weighted by atomic mass is 32.2. The first-order valence-corrected chi connectivity index (χ1v) is 8.87. The van der Waals surface area contributed by atoms with E-state index in [0.717, 1.165) is 6.42 Å². The third-order valence-corrected chi connectivity index (χ3v) is 5.37. The van der Waals surface area contributed by atoms with Crippen LogP contribution in [0.3, 0.4) is 0 Å². The van der Waals surface area contributed by atoms with Crippen LogP contribution in [0.15, 0.2) is 33.9 Å². The molecule has 1 N–H and O–H groups in total. The number of nitrogens with zero attached hydrogens (tertiary/aromatic N) is 2. The highest BCUT2D eigenvalue weighted by Gasteiger charge is 2.26. The van der Waals surface area contributed by atoms with Crippen molar-refractivity contribution >= 4 is 17.7 Å². The molecule has 0 saturated carbocycles. The molecule has 0 bridgehead atoms. The summed E-state index contributed by atoms with van der Waals surface area (Å²) in [5.41, 5.74) is 1.39. The van der Waals surface area contributed by atoms with Gasteiger partial charge in [0.25, 0.3) is 5.56 Å². The van der Waals surface area contributed by atoms with Crippen molar-refractivity contribution in [3.05, 3.63) is 34.3 Å². The summed E-state index contributed by atoms with van der Waals surface area (Å²) >= 11 is 1.48. The Hall–Kier alpha value is -1.56. The van der Waals surface area contributed by atoms with Crippen LogP contribution in [0.25, 0.3) is 0 Å². The second kappa shape index (κ2) is 7.13. The molecule has 0 unspecified atom stereocenters. The van der Waals surface area contributed by atoms with E-state index in [1.165, 1.54) is 55.3 Å². The summed E-state index contributed by atoms with van der Waals surface area (Å²) in [7, 11) is 0. The lowest BCUT2D eigenvalue weighted by Gasteiger charge is -2.24. The van der Waals surface area contributed by atoms with Gasteiger partial charge < -0.3 is 5.32 Å². The average Bonchev–Trinajstić information content (AvgIpc) is 2.56. The highest BCUT2D eigenvalue weighted by Crippen LogP contribution is 2.24. The summed E-state index contributed by atoms with van der Waals surface area (Å²) in [6, 6.07) is 1.44. The summed E-state index contributed by atoms with van der Waals surface area (Å²) in [6.45, 7) is 1.13. The highest BCUT2D eigenvalue weighted by molar-refractivity contribution is 7.99. The fraction of sp³-hybridized carbons (Fsp3) is 0.562. The number of hydrogen-bond acceptors (Lipinski definition) is 4. The zero-order chi connectivity index (χ0) is 15.4. The maximum absolute atomic E-state index is 12.3. The van der Waals surface area contributed by atoms with Crippen molar-refractivity contribution in [1.82, 2.24) is 14.9 Å². The van der Waals surface area contributed by atoms with E-state index in [9.17, 15) is 9.59 Å². The lowest BCUT2D eigenvalue weighted by molar-refractivity contribution is -0.124. The van der Waals surface area contributed by atoms with Crippen molar-refractivity contribution in [3.8, 4) is 0 Å². The summed E-state index contributed by atoms with van der Waals surface area (Å²) in [4.78, 5) is 28.3. The Morgan fingerprint density at radius 1 is 1.45 bits per heavy atom. The first kappa shape index (κ1) is 15.3. The minimum absolute atomic E-state index is 0.0466. The van der Waals surface area contributed by atoms with Crippen molar-refractivity contribution in [2.24, 2.45) is 5.92 Å². The van der Waals surface area contributed by atoms with Gasteiger partial charge in [-0.25, -0.2) is 4.98 Å². The lowest BCUT2D eigenvalue weighted by Crippen LogP contribution is -2.40. The minimum Gasteiger partial charge on any atom is -0.355 e. The first-order chi connectivity index (χ1) is 10.7. The zero-order valence-electron chi connectivity index (χ0n) is 12.6. The topological polar surface area (TPSA) is 64.0 Å². The van der Waals surface area contributed by atoms with E-state index >= 15 is 0 Å². The summed E-state index contributed by atoms with van der Waals surface area (Å²) in [5, 5.41) is 3.73. The number of amides is 1. The van der Waals surface area contributed by atoms with E-state index in [0.29, 0.717) is 24.0 Å². The Morgan fingerprint density at radius 3 is 3.18 bits per heavy atom. The lowest BCUT2D eigenvalue weighted by atomic mass is 9.97. The van der Waals surface area contributed by atoms with E-state index in [4.69, 9.17) is 0 Å². The van der Waals surface area contributed by atoms with Crippen molar-refractivity contribution in [2.75, 3.05) is 12.3 Å². The predicted molar refractivity (Wildman–Crippen MR) is 86.9 cm³/mol. The third kappa shape index (κ3) is 3.61. The van der Waals surface area contributed by atoms with Gasteiger partial charge in [-0.2, -0.15) is 0 Å². The number of nitrogens with one attached hydrogen (secondary N) is 1.